The Kier molecular flexibility index (Phi) is 4.52. The first-order valence-corrected chi connectivity index (χ1v) is 8.05. The first kappa shape index (κ1) is 15.8. The summed E-state index contributed by atoms with van der Waals surface area (Å²) in [6.45, 7) is 2.76. The van der Waals surface area contributed by atoms with Crippen LogP contribution in [0.15, 0.2) is 17.1 Å². The smallest absolute Gasteiger partial charge is 0.258 e. The van der Waals surface area contributed by atoms with Crippen LogP contribution >= 0.6 is 0 Å². The Morgan fingerprint density at radius 3 is 2.96 bits per heavy atom. The monoisotopic (exact) mass is 318 g/mol. The van der Waals surface area contributed by atoms with Gasteiger partial charge in [-0.15, -0.1) is 0 Å². The fraction of sp³-hybridized carbons (Fsp3) is 0.529. The second kappa shape index (κ2) is 6.58. The summed E-state index contributed by atoms with van der Waals surface area (Å²) in [6, 6.07) is 2.96. The van der Waals surface area contributed by atoms with E-state index in [-0.39, 0.29) is 29.7 Å². The molecule has 2 aliphatic heterocycles. The van der Waals surface area contributed by atoms with Gasteiger partial charge in [0.2, 0.25) is 0 Å². The van der Waals surface area contributed by atoms with E-state index in [0.29, 0.717) is 17.9 Å². The minimum atomic E-state index is -0.212. The highest BCUT2D eigenvalue weighted by molar-refractivity contribution is 6.03. The number of carbonyl (C=O) groups excluding carboxylic acids is 1. The van der Waals surface area contributed by atoms with Crippen molar-refractivity contribution in [2.45, 2.75) is 44.9 Å². The number of benzene rings is 1. The molecule has 0 saturated carbocycles. The molecule has 6 heteroatoms. The summed E-state index contributed by atoms with van der Waals surface area (Å²) in [5, 5.41) is 9.89. The molecule has 0 aliphatic carbocycles. The number of rotatable bonds is 5. The van der Waals surface area contributed by atoms with Gasteiger partial charge in [0.05, 0.1) is 24.4 Å². The molecule has 3 rings (SSSR count). The number of fused-ring (bicyclic) bond motifs is 2. The molecule has 0 spiro atoms. The van der Waals surface area contributed by atoms with Gasteiger partial charge in [-0.2, -0.15) is 0 Å². The van der Waals surface area contributed by atoms with Crippen molar-refractivity contribution in [1.82, 2.24) is 4.90 Å². The van der Waals surface area contributed by atoms with E-state index in [4.69, 9.17) is 9.47 Å². The lowest BCUT2D eigenvalue weighted by molar-refractivity contribution is -0.0296. The molecule has 2 aliphatic rings. The van der Waals surface area contributed by atoms with Crippen molar-refractivity contribution >= 4 is 17.8 Å². The van der Waals surface area contributed by atoms with E-state index < -0.39 is 0 Å². The van der Waals surface area contributed by atoms with Crippen LogP contribution < -0.4 is 4.74 Å². The molecule has 1 N–H and O–H groups in total. The van der Waals surface area contributed by atoms with Crippen LogP contribution in [0.1, 0.15) is 43.0 Å². The van der Waals surface area contributed by atoms with Crippen LogP contribution in [0.3, 0.4) is 0 Å². The summed E-state index contributed by atoms with van der Waals surface area (Å²) in [5.41, 5.74) is 0.902. The van der Waals surface area contributed by atoms with Crippen LogP contribution in [-0.4, -0.2) is 48.1 Å². The maximum Gasteiger partial charge on any atom is 0.258 e. The van der Waals surface area contributed by atoms with E-state index in [9.17, 15) is 9.90 Å². The zero-order chi connectivity index (χ0) is 16.4. The molecule has 1 saturated heterocycles. The summed E-state index contributed by atoms with van der Waals surface area (Å²) in [6.07, 6.45) is 5.26. The number of nitrogens with zero attached hydrogens (tertiary/aromatic N) is 2. The van der Waals surface area contributed by atoms with Crippen molar-refractivity contribution in [3.63, 3.8) is 0 Å². The predicted molar refractivity (Wildman–Crippen MR) is 86.7 cm³/mol. The van der Waals surface area contributed by atoms with Gasteiger partial charge in [-0.25, -0.2) is 0 Å². The van der Waals surface area contributed by atoms with E-state index in [2.05, 4.69) is 11.9 Å². The van der Waals surface area contributed by atoms with Crippen LogP contribution in [0, 0.1) is 0 Å². The fourth-order valence-electron chi connectivity index (χ4n) is 3.06. The number of carbonyl (C=O) groups is 1. The molecule has 1 unspecified atom stereocenters. The van der Waals surface area contributed by atoms with Gasteiger partial charge in [0.25, 0.3) is 5.91 Å². The van der Waals surface area contributed by atoms with Gasteiger partial charge in [0.1, 0.15) is 6.23 Å². The normalized spacial score (nSPS) is 22.7. The summed E-state index contributed by atoms with van der Waals surface area (Å²) in [5.74, 6) is 0.127. The number of aliphatic imine (C=N–C) groups is 1. The number of phenolic OH excluding ortho intramolecular Hbond substituents is 1. The number of phenols is 1. The van der Waals surface area contributed by atoms with E-state index in [0.717, 1.165) is 25.7 Å². The third-order valence-electron chi connectivity index (χ3n) is 4.33. The van der Waals surface area contributed by atoms with Crippen molar-refractivity contribution in [3.8, 4) is 11.5 Å². The molecule has 1 fully saturated rings. The second-order valence-electron chi connectivity index (χ2n) is 5.86. The first-order valence-electron chi connectivity index (χ1n) is 8.05. The van der Waals surface area contributed by atoms with Crippen molar-refractivity contribution in [1.29, 1.82) is 0 Å². The van der Waals surface area contributed by atoms with Gasteiger partial charge in [-0.05, 0) is 25.3 Å². The highest BCUT2D eigenvalue weighted by Gasteiger charge is 2.39. The Hall–Kier alpha value is -2.08. The Labute approximate surface area is 135 Å². The van der Waals surface area contributed by atoms with Crippen LogP contribution in [0.4, 0.5) is 5.69 Å². The Morgan fingerprint density at radius 2 is 2.22 bits per heavy atom. The zero-order valence-corrected chi connectivity index (χ0v) is 13.5. The highest BCUT2D eigenvalue weighted by Crippen LogP contribution is 2.38. The molecule has 124 valence electrons. The minimum Gasteiger partial charge on any atom is -0.504 e. The molecular formula is C17H22N2O4. The molecule has 2 atom stereocenters. The van der Waals surface area contributed by atoms with Crippen molar-refractivity contribution < 1.29 is 19.4 Å². The molecule has 23 heavy (non-hydrogen) atoms. The quantitative estimate of drug-likeness (QED) is 0.847. The lowest BCUT2D eigenvalue weighted by Crippen LogP contribution is -2.42. The van der Waals surface area contributed by atoms with Crippen LogP contribution in [-0.2, 0) is 4.74 Å². The maximum atomic E-state index is 13.0. The number of ether oxygens (including phenoxy) is 2. The Balaban J connectivity index is 1.90. The summed E-state index contributed by atoms with van der Waals surface area (Å²) >= 11 is 0. The van der Waals surface area contributed by atoms with Crippen LogP contribution in [0.5, 0.6) is 11.5 Å². The Bertz CT molecular complexity index is 629. The number of unbranched alkanes of at least 4 members (excludes halogenated alkanes) is 1. The van der Waals surface area contributed by atoms with E-state index in [1.165, 1.54) is 13.2 Å². The van der Waals surface area contributed by atoms with Gasteiger partial charge in [0, 0.05) is 18.9 Å². The first-order chi connectivity index (χ1) is 11.2. The number of hydrogen-bond acceptors (Lipinski definition) is 5. The molecule has 1 aromatic carbocycles. The zero-order valence-electron chi connectivity index (χ0n) is 13.5. The lowest BCUT2D eigenvalue weighted by atomic mass is 10.1. The van der Waals surface area contributed by atoms with E-state index in [1.54, 1.807) is 17.2 Å². The number of aromatic hydroxyl groups is 1. The molecular weight excluding hydrogens is 296 g/mol. The number of methoxy groups -OCH3 is 1. The van der Waals surface area contributed by atoms with Gasteiger partial charge in [-0.3, -0.25) is 9.79 Å². The Morgan fingerprint density at radius 1 is 1.39 bits per heavy atom. The molecule has 1 aromatic rings. The molecule has 0 bridgehead atoms. The maximum absolute atomic E-state index is 13.0. The topological polar surface area (TPSA) is 71.4 Å². The van der Waals surface area contributed by atoms with Gasteiger partial charge in [-0.1, -0.05) is 13.3 Å². The largest absolute Gasteiger partial charge is 0.504 e. The average molecular weight is 318 g/mol. The number of hydrogen-bond donors (Lipinski definition) is 1. The standard InChI is InChI=1S/C17H22N2O4/c1-3-4-7-23-16-6-5-11-10-18-13-9-14(20)15(22-2)8-12(13)17(21)19(11)16/h8-11,16,20H,3-7H2,1-2H3/t11-,16?/m0/s1. The van der Waals surface area contributed by atoms with E-state index >= 15 is 0 Å². The molecule has 2 heterocycles. The average Bonchev–Trinajstić information content (AvgIpc) is 2.89. The fourth-order valence-corrected chi connectivity index (χ4v) is 3.06. The summed E-state index contributed by atoms with van der Waals surface area (Å²) in [7, 11) is 1.46. The SMILES string of the molecule is CCCCOC1CC[C@H]2C=Nc3cc(O)c(OC)cc3C(=O)N12. The van der Waals surface area contributed by atoms with Crippen LogP contribution in [0.2, 0.25) is 0 Å². The van der Waals surface area contributed by atoms with Gasteiger partial charge < -0.3 is 19.5 Å². The van der Waals surface area contributed by atoms with Crippen molar-refractivity contribution in [2.75, 3.05) is 13.7 Å². The molecule has 1 amide bonds. The van der Waals surface area contributed by atoms with Crippen molar-refractivity contribution in [3.05, 3.63) is 17.7 Å². The predicted octanol–water partition coefficient (Wildman–Crippen LogP) is 2.86. The van der Waals surface area contributed by atoms with Crippen molar-refractivity contribution in [2.24, 2.45) is 4.99 Å². The summed E-state index contributed by atoms with van der Waals surface area (Å²) in [4.78, 5) is 19.1. The van der Waals surface area contributed by atoms with Gasteiger partial charge in [0.15, 0.2) is 11.5 Å². The molecule has 0 radical (unpaired) electrons. The highest BCUT2D eigenvalue weighted by atomic mass is 16.5. The summed E-state index contributed by atoms with van der Waals surface area (Å²) < 4.78 is 11.0. The molecule has 6 nitrogen and oxygen atoms in total. The third kappa shape index (κ3) is 2.91. The molecule has 0 aromatic heterocycles. The lowest BCUT2D eigenvalue weighted by Gasteiger charge is -2.27. The number of amides is 1. The van der Waals surface area contributed by atoms with Gasteiger partial charge >= 0.3 is 0 Å². The third-order valence-corrected chi connectivity index (χ3v) is 4.33. The minimum absolute atomic E-state index is 0.0194. The van der Waals surface area contributed by atoms with Crippen LogP contribution in [0.25, 0.3) is 0 Å². The second-order valence-corrected chi connectivity index (χ2v) is 5.86. The van der Waals surface area contributed by atoms with E-state index in [1.807, 2.05) is 0 Å².